The van der Waals surface area contributed by atoms with E-state index in [2.05, 4.69) is 5.32 Å². The lowest BCUT2D eigenvalue weighted by molar-refractivity contribution is -0.139. The van der Waals surface area contributed by atoms with Gasteiger partial charge in [0.05, 0.1) is 12.0 Å². The zero-order valence-electron chi connectivity index (χ0n) is 10.6. The summed E-state index contributed by atoms with van der Waals surface area (Å²) < 4.78 is 0. The maximum Gasteiger partial charge on any atom is 0.305 e. The summed E-state index contributed by atoms with van der Waals surface area (Å²) in [6.45, 7) is 3.55. The molecule has 0 atom stereocenters. The van der Waals surface area contributed by atoms with E-state index in [0.29, 0.717) is 5.57 Å². The van der Waals surface area contributed by atoms with E-state index in [0.717, 1.165) is 32.1 Å². The Bertz CT molecular complexity index is 328. The van der Waals surface area contributed by atoms with Gasteiger partial charge in [-0.15, -0.1) is 0 Å². The summed E-state index contributed by atoms with van der Waals surface area (Å²) in [5.74, 6) is -0.985. The van der Waals surface area contributed by atoms with E-state index in [1.807, 2.05) is 0 Å². The molecule has 0 spiro atoms. The molecule has 96 valence electrons. The maximum atomic E-state index is 11.9. The number of hydrogen-bond donors (Lipinski definition) is 2. The lowest BCUT2D eigenvalue weighted by Crippen LogP contribution is -2.51. The maximum absolute atomic E-state index is 11.9. The Labute approximate surface area is 102 Å². The van der Waals surface area contributed by atoms with Crippen LogP contribution in [-0.2, 0) is 9.59 Å². The van der Waals surface area contributed by atoms with Crippen molar-refractivity contribution in [3.8, 4) is 0 Å². The minimum absolute atomic E-state index is 0.0235. The summed E-state index contributed by atoms with van der Waals surface area (Å²) in [6.07, 6.45) is 6.40. The van der Waals surface area contributed by atoms with Crippen LogP contribution in [0.1, 0.15) is 52.4 Å². The lowest BCUT2D eigenvalue weighted by atomic mass is 9.79. The highest BCUT2D eigenvalue weighted by atomic mass is 16.4. The minimum Gasteiger partial charge on any atom is -0.481 e. The van der Waals surface area contributed by atoms with Crippen molar-refractivity contribution in [2.45, 2.75) is 57.9 Å². The third-order valence-corrected chi connectivity index (χ3v) is 3.47. The monoisotopic (exact) mass is 239 g/mol. The molecule has 4 heteroatoms. The van der Waals surface area contributed by atoms with Gasteiger partial charge in [-0.1, -0.05) is 25.3 Å². The van der Waals surface area contributed by atoms with Crippen LogP contribution in [-0.4, -0.2) is 22.5 Å². The van der Waals surface area contributed by atoms with Gasteiger partial charge in [0.25, 0.3) is 0 Å². The van der Waals surface area contributed by atoms with Crippen molar-refractivity contribution in [1.29, 1.82) is 0 Å². The molecule has 0 heterocycles. The van der Waals surface area contributed by atoms with Gasteiger partial charge < -0.3 is 10.4 Å². The van der Waals surface area contributed by atoms with E-state index in [9.17, 15) is 9.59 Å². The van der Waals surface area contributed by atoms with E-state index < -0.39 is 11.5 Å². The number of allylic oxidation sites excluding steroid dienone is 1. The molecule has 1 fully saturated rings. The molecule has 0 unspecified atom stereocenters. The van der Waals surface area contributed by atoms with E-state index in [-0.39, 0.29) is 12.3 Å². The highest BCUT2D eigenvalue weighted by Crippen LogP contribution is 2.31. The van der Waals surface area contributed by atoms with Crippen molar-refractivity contribution in [3.05, 3.63) is 11.6 Å². The molecule has 0 saturated heterocycles. The Balaban J connectivity index is 2.76. The smallest absolute Gasteiger partial charge is 0.305 e. The summed E-state index contributed by atoms with van der Waals surface area (Å²) in [5.41, 5.74) is 0.103. The van der Waals surface area contributed by atoms with Crippen LogP contribution in [0.5, 0.6) is 0 Å². The summed E-state index contributed by atoms with van der Waals surface area (Å²) in [5, 5.41) is 11.9. The van der Waals surface area contributed by atoms with Gasteiger partial charge in [-0.2, -0.15) is 0 Å². The number of carboxylic acid groups (broad SMARTS) is 1. The van der Waals surface area contributed by atoms with Gasteiger partial charge in [0.2, 0.25) is 5.91 Å². The molecule has 0 bridgehead atoms. The first-order valence-electron chi connectivity index (χ1n) is 6.16. The molecule has 0 aromatic rings. The van der Waals surface area contributed by atoms with Crippen LogP contribution >= 0.6 is 0 Å². The lowest BCUT2D eigenvalue weighted by Gasteiger charge is -2.37. The summed E-state index contributed by atoms with van der Waals surface area (Å²) in [4.78, 5) is 22.8. The van der Waals surface area contributed by atoms with Gasteiger partial charge in [0.15, 0.2) is 0 Å². The van der Waals surface area contributed by atoms with Crippen LogP contribution in [0.15, 0.2) is 11.6 Å². The number of carbonyl (C=O) groups is 2. The average molecular weight is 239 g/mol. The van der Waals surface area contributed by atoms with Crippen LogP contribution < -0.4 is 5.32 Å². The molecular formula is C13H21NO3. The molecule has 0 aromatic carbocycles. The fourth-order valence-electron chi connectivity index (χ4n) is 2.33. The number of carbonyl (C=O) groups excluding carboxylic acids is 1. The van der Waals surface area contributed by atoms with E-state index in [4.69, 9.17) is 5.11 Å². The number of carboxylic acids is 1. The molecule has 17 heavy (non-hydrogen) atoms. The molecule has 1 saturated carbocycles. The highest BCUT2D eigenvalue weighted by Gasteiger charge is 2.35. The van der Waals surface area contributed by atoms with Gasteiger partial charge in [-0.05, 0) is 26.7 Å². The molecule has 1 rings (SSSR count). The van der Waals surface area contributed by atoms with Crippen molar-refractivity contribution < 1.29 is 14.7 Å². The summed E-state index contributed by atoms with van der Waals surface area (Å²) >= 11 is 0. The average Bonchev–Trinajstić information content (AvgIpc) is 2.27. The van der Waals surface area contributed by atoms with Crippen molar-refractivity contribution >= 4 is 11.9 Å². The number of aliphatic carboxylic acids is 1. The van der Waals surface area contributed by atoms with Crippen molar-refractivity contribution in [2.75, 3.05) is 0 Å². The topological polar surface area (TPSA) is 66.4 Å². The van der Waals surface area contributed by atoms with Gasteiger partial charge in [-0.25, -0.2) is 0 Å². The van der Waals surface area contributed by atoms with Crippen LogP contribution in [0.25, 0.3) is 0 Å². The van der Waals surface area contributed by atoms with Crippen LogP contribution in [0, 0.1) is 0 Å². The van der Waals surface area contributed by atoms with Crippen LogP contribution in [0.2, 0.25) is 0 Å². The Morgan fingerprint density at radius 2 is 1.88 bits per heavy atom. The second-order valence-electron chi connectivity index (χ2n) is 4.84. The molecule has 1 amide bonds. The largest absolute Gasteiger partial charge is 0.481 e. The standard InChI is InChI=1S/C13H21NO3/c1-3-10(2)12(17)14-13(9-11(15)16)7-5-4-6-8-13/h3H,4-9H2,1-2H3,(H,14,17)(H,15,16)/b10-3+. The highest BCUT2D eigenvalue weighted by molar-refractivity contribution is 5.93. The normalized spacial score (nSPS) is 19.8. The van der Waals surface area contributed by atoms with Gasteiger partial charge >= 0.3 is 5.97 Å². The Morgan fingerprint density at radius 1 is 1.29 bits per heavy atom. The summed E-state index contributed by atoms with van der Waals surface area (Å²) in [6, 6.07) is 0. The molecule has 0 aliphatic heterocycles. The molecule has 2 N–H and O–H groups in total. The predicted octanol–water partition coefficient (Wildman–Crippen LogP) is 2.25. The number of nitrogens with one attached hydrogen (secondary N) is 1. The van der Waals surface area contributed by atoms with Gasteiger partial charge in [0.1, 0.15) is 0 Å². The molecule has 4 nitrogen and oxygen atoms in total. The summed E-state index contributed by atoms with van der Waals surface area (Å²) in [7, 11) is 0. The SMILES string of the molecule is C/C=C(\C)C(=O)NC1(CC(=O)O)CCCCC1. The molecular weight excluding hydrogens is 218 g/mol. The predicted molar refractivity (Wildman–Crippen MR) is 65.6 cm³/mol. The number of amides is 1. The third kappa shape index (κ3) is 3.88. The Morgan fingerprint density at radius 3 is 2.35 bits per heavy atom. The first kappa shape index (κ1) is 13.7. The third-order valence-electron chi connectivity index (χ3n) is 3.47. The number of rotatable bonds is 4. The van der Waals surface area contributed by atoms with E-state index in [1.165, 1.54) is 0 Å². The zero-order valence-corrected chi connectivity index (χ0v) is 10.6. The molecule has 0 radical (unpaired) electrons. The van der Waals surface area contributed by atoms with E-state index in [1.54, 1.807) is 19.9 Å². The van der Waals surface area contributed by atoms with E-state index >= 15 is 0 Å². The zero-order chi connectivity index (χ0) is 12.9. The van der Waals surface area contributed by atoms with Crippen LogP contribution in [0.3, 0.4) is 0 Å². The Hall–Kier alpha value is -1.32. The van der Waals surface area contributed by atoms with Crippen molar-refractivity contribution in [3.63, 3.8) is 0 Å². The molecule has 1 aliphatic carbocycles. The fourth-order valence-corrected chi connectivity index (χ4v) is 2.33. The van der Waals surface area contributed by atoms with Gasteiger partial charge in [0, 0.05) is 5.57 Å². The number of hydrogen-bond acceptors (Lipinski definition) is 2. The second-order valence-corrected chi connectivity index (χ2v) is 4.84. The Kier molecular flexibility index (Phi) is 4.73. The van der Waals surface area contributed by atoms with Crippen molar-refractivity contribution in [2.24, 2.45) is 0 Å². The first-order chi connectivity index (χ1) is 7.99. The van der Waals surface area contributed by atoms with Crippen molar-refractivity contribution in [1.82, 2.24) is 5.32 Å². The quantitative estimate of drug-likeness (QED) is 0.739. The first-order valence-corrected chi connectivity index (χ1v) is 6.16. The minimum atomic E-state index is -0.842. The molecule has 1 aliphatic rings. The second kappa shape index (κ2) is 5.84. The fraction of sp³-hybridized carbons (Fsp3) is 0.692. The van der Waals surface area contributed by atoms with Crippen LogP contribution in [0.4, 0.5) is 0 Å². The van der Waals surface area contributed by atoms with Gasteiger partial charge in [-0.3, -0.25) is 9.59 Å². The molecule has 0 aromatic heterocycles.